The van der Waals surface area contributed by atoms with Gasteiger partial charge in [0, 0.05) is 23.9 Å². The molecule has 1 aliphatic carbocycles. The van der Waals surface area contributed by atoms with Gasteiger partial charge in [0.2, 0.25) is 0 Å². The van der Waals surface area contributed by atoms with E-state index < -0.39 is 10.2 Å². The van der Waals surface area contributed by atoms with Crippen LogP contribution in [0, 0.1) is 0 Å². The van der Waals surface area contributed by atoms with E-state index in [-0.39, 0.29) is 18.7 Å². The summed E-state index contributed by atoms with van der Waals surface area (Å²) in [7, 11) is -3.45. The van der Waals surface area contributed by atoms with Crippen molar-refractivity contribution in [3.8, 4) is 0 Å². The minimum Gasteiger partial charge on any atom is -0.395 e. The molecule has 0 aromatic heterocycles. The highest BCUT2D eigenvalue weighted by Crippen LogP contribution is 2.29. The molecule has 0 aromatic rings. The minimum atomic E-state index is -3.45. The van der Waals surface area contributed by atoms with E-state index in [0.29, 0.717) is 11.8 Å². The van der Waals surface area contributed by atoms with Gasteiger partial charge in [0.15, 0.2) is 0 Å². The fourth-order valence-corrected chi connectivity index (χ4v) is 5.51. The summed E-state index contributed by atoms with van der Waals surface area (Å²) in [5.74, 6) is 0. The smallest absolute Gasteiger partial charge is 0.280 e. The largest absolute Gasteiger partial charge is 0.395 e. The second-order valence-electron chi connectivity index (χ2n) is 5.43. The average molecular weight is 308 g/mol. The lowest BCUT2D eigenvalue weighted by atomic mass is 10.1. The molecule has 0 aromatic carbocycles. The Balaban J connectivity index is 1.97. The van der Waals surface area contributed by atoms with Crippen molar-refractivity contribution in [2.75, 3.05) is 19.4 Å². The topological polar surface area (TPSA) is 69.6 Å². The first-order chi connectivity index (χ1) is 9.06. The maximum Gasteiger partial charge on any atom is 0.280 e. The maximum atomic E-state index is 12.4. The van der Waals surface area contributed by atoms with E-state index in [1.807, 2.05) is 11.8 Å². The molecule has 3 unspecified atom stereocenters. The standard InChI is InChI=1S/C12H24N2O3S2/c1-18-12-6-5-10(8-12)13-19(16,17)14-7-3-2-4-11(14)9-15/h10-13,15H,2-9H2,1H3. The number of rotatable bonds is 5. The first-order valence-electron chi connectivity index (χ1n) is 6.99. The molecule has 5 nitrogen and oxygen atoms in total. The third kappa shape index (κ3) is 3.85. The molecule has 0 bridgehead atoms. The third-order valence-corrected chi connectivity index (χ3v) is 6.95. The summed E-state index contributed by atoms with van der Waals surface area (Å²) < 4.78 is 29.1. The molecule has 2 N–H and O–H groups in total. The molecular weight excluding hydrogens is 284 g/mol. The van der Waals surface area contributed by atoms with E-state index in [1.165, 1.54) is 4.31 Å². The molecule has 1 aliphatic heterocycles. The molecule has 0 spiro atoms. The summed E-state index contributed by atoms with van der Waals surface area (Å²) in [5, 5.41) is 9.90. The number of aliphatic hydroxyl groups excluding tert-OH is 1. The van der Waals surface area contributed by atoms with Gasteiger partial charge in [-0.25, -0.2) is 0 Å². The molecule has 2 aliphatic rings. The van der Waals surface area contributed by atoms with Crippen molar-refractivity contribution >= 4 is 22.0 Å². The van der Waals surface area contributed by atoms with Gasteiger partial charge < -0.3 is 5.11 Å². The first kappa shape index (κ1) is 15.6. The average Bonchev–Trinajstić information content (AvgIpc) is 2.85. The van der Waals surface area contributed by atoms with Crippen LogP contribution in [0.1, 0.15) is 38.5 Å². The zero-order valence-corrected chi connectivity index (χ0v) is 13.0. The van der Waals surface area contributed by atoms with Crippen LogP contribution in [0.2, 0.25) is 0 Å². The Morgan fingerprint density at radius 1 is 1.32 bits per heavy atom. The van der Waals surface area contributed by atoms with Gasteiger partial charge >= 0.3 is 0 Å². The van der Waals surface area contributed by atoms with E-state index in [0.717, 1.165) is 38.5 Å². The van der Waals surface area contributed by atoms with Crippen molar-refractivity contribution < 1.29 is 13.5 Å². The number of thioether (sulfide) groups is 1. The molecule has 0 amide bonds. The molecule has 1 saturated heterocycles. The molecule has 2 rings (SSSR count). The number of piperidine rings is 1. The van der Waals surface area contributed by atoms with Crippen LogP contribution >= 0.6 is 11.8 Å². The van der Waals surface area contributed by atoms with Crippen LogP contribution in [0.3, 0.4) is 0 Å². The molecule has 19 heavy (non-hydrogen) atoms. The van der Waals surface area contributed by atoms with Crippen molar-refractivity contribution in [3.63, 3.8) is 0 Å². The third-order valence-electron chi connectivity index (χ3n) is 4.13. The van der Waals surface area contributed by atoms with Crippen LogP contribution in [0.15, 0.2) is 0 Å². The molecule has 1 saturated carbocycles. The predicted molar refractivity (Wildman–Crippen MR) is 78.4 cm³/mol. The molecule has 3 atom stereocenters. The highest BCUT2D eigenvalue weighted by molar-refractivity contribution is 7.99. The van der Waals surface area contributed by atoms with Crippen molar-refractivity contribution in [1.29, 1.82) is 0 Å². The van der Waals surface area contributed by atoms with E-state index in [1.54, 1.807) is 0 Å². The van der Waals surface area contributed by atoms with Crippen LogP contribution in [0.5, 0.6) is 0 Å². The quantitative estimate of drug-likeness (QED) is 0.793. The normalized spacial score (nSPS) is 33.7. The van der Waals surface area contributed by atoms with Gasteiger partial charge in [-0.15, -0.1) is 0 Å². The lowest BCUT2D eigenvalue weighted by Gasteiger charge is -2.34. The summed E-state index contributed by atoms with van der Waals surface area (Å²) in [6, 6.07) is -0.187. The highest BCUT2D eigenvalue weighted by Gasteiger charge is 2.35. The number of hydrogen-bond acceptors (Lipinski definition) is 4. The highest BCUT2D eigenvalue weighted by atomic mass is 32.2. The van der Waals surface area contributed by atoms with Gasteiger partial charge in [-0.2, -0.15) is 29.2 Å². The van der Waals surface area contributed by atoms with Crippen LogP contribution in [-0.4, -0.2) is 54.6 Å². The second-order valence-corrected chi connectivity index (χ2v) is 8.23. The first-order valence-corrected chi connectivity index (χ1v) is 9.72. The van der Waals surface area contributed by atoms with Crippen LogP contribution in [-0.2, 0) is 10.2 Å². The fraction of sp³-hybridized carbons (Fsp3) is 1.00. The van der Waals surface area contributed by atoms with Gasteiger partial charge in [0.1, 0.15) is 0 Å². The Labute approximate surface area is 120 Å². The number of nitrogens with one attached hydrogen (secondary N) is 1. The van der Waals surface area contributed by atoms with Gasteiger partial charge in [-0.1, -0.05) is 6.42 Å². The lowest BCUT2D eigenvalue weighted by molar-refractivity contribution is 0.153. The predicted octanol–water partition coefficient (Wildman–Crippen LogP) is 0.952. The molecule has 1 heterocycles. The monoisotopic (exact) mass is 308 g/mol. The van der Waals surface area contributed by atoms with Crippen LogP contribution in [0.4, 0.5) is 0 Å². The van der Waals surface area contributed by atoms with Crippen molar-refractivity contribution in [3.05, 3.63) is 0 Å². The zero-order chi connectivity index (χ0) is 13.9. The minimum absolute atomic E-state index is 0.0590. The van der Waals surface area contributed by atoms with Crippen LogP contribution in [0.25, 0.3) is 0 Å². The van der Waals surface area contributed by atoms with Gasteiger partial charge in [-0.3, -0.25) is 0 Å². The van der Waals surface area contributed by atoms with Crippen LogP contribution < -0.4 is 4.72 Å². The fourth-order valence-electron chi connectivity index (χ4n) is 3.01. The second kappa shape index (κ2) is 6.76. The molecule has 7 heteroatoms. The maximum absolute atomic E-state index is 12.4. The molecule has 112 valence electrons. The Morgan fingerprint density at radius 3 is 2.74 bits per heavy atom. The summed E-state index contributed by atoms with van der Waals surface area (Å²) in [4.78, 5) is 0. The Kier molecular flexibility index (Phi) is 5.54. The van der Waals surface area contributed by atoms with Crippen molar-refractivity contribution in [2.24, 2.45) is 0 Å². The zero-order valence-electron chi connectivity index (χ0n) is 11.4. The van der Waals surface area contributed by atoms with Gasteiger partial charge in [-0.05, 0) is 38.4 Å². The van der Waals surface area contributed by atoms with Gasteiger partial charge in [0.05, 0.1) is 6.61 Å². The van der Waals surface area contributed by atoms with E-state index in [2.05, 4.69) is 11.0 Å². The molecule has 2 fully saturated rings. The number of nitrogens with zero attached hydrogens (tertiary/aromatic N) is 1. The van der Waals surface area contributed by atoms with E-state index in [4.69, 9.17) is 0 Å². The SMILES string of the molecule is CSC1CCC(NS(=O)(=O)N2CCCCC2CO)C1. The summed E-state index contributed by atoms with van der Waals surface area (Å²) in [5.41, 5.74) is 0. The summed E-state index contributed by atoms with van der Waals surface area (Å²) in [6.07, 6.45) is 7.63. The summed E-state index contributed by atoms with van der Waals surface area (Å²) in [6.45, 7) is 0.443. The van der Waals surface area contributed by atoms with E-state index >= 15 is 0 Å². The lowest BCUT2D eigenvalue weighted by Crippen LogP contribution is -2.52. The number of aliphatic hydroxyl groups is 1. The Bertz CT molecular complexity index is 388. The Hall–Kier alpha value is 0.180. The molecule has 0 radical (unpaired) electrons. The number of hydrogen-bond donors (Lipinski definition) is 2. The van der Waals surface area contributed by atoms with Gasteiger partial charge in [0.25, 0.3) is 10.2 Å². The molecular formula is C12H24N2O3S2. The van der Waals surface area contributed by atoms with Crippen molar-refractivity contribution in [1.82, 2.24) is 9.03 Å². The van der Waals surface area contributed by atoms with Crippen molar-refractivity contribution in [2.45, 2.75) is 55.9 Å². The van der Waals surface area contributed by atoms with E-state index in [9.17, 15) is 13.5 Å². The Morgan fingerprint density at radius 2 is 2.11 bits per heavy atom. The summed E-state index contributed by atoms with van der Waals surface area (Å²) >= 11 is 1.81.